The maximum Gasteiger partial charge on any atom is 0.265 e. The number of rotatable bonds is 4. The highest BCUT2D eigenvalue weighted by molar-refractivity contribution is 5.95. The van der Waals surface area contributed by atoms with Crippen LogP contribution in [0.5, 0.6) is 5.75 Å². The Morgan fingerprint density at radius 2 is 1.77 bits per heavy atom. The molecule has 1 atom stereocenters. The monoisotopic (exact) mass is 419 g/mol. The molecule has 0 radical (unpaired) electrons. The number of ether oxygens (including phenoxy) is 1. The highest BCUT2D eigenvalue weighted by Gasteiger charge is 2.34. The third-order valence-corrected chi connectivity index (χ3v) is 6.52. The first kappa shape index (κ1) is 19.9. The zero-order valence-corrected chi connectivity index (χ0v) is 17.8. The van der Waals surface area contributed by atoms with E-state index in [1.807, 2.05) is 40.1 Å². The summed E-state index contributed by atoms with van der Waals surface area (Å²) >= 11 is 0. The molecule has 1 aliphatic carbocycles. The third-order valence-electron chi connectivity index (χ3n) is 6.52. The highest BCUT2D eigenvalue weighted by atomic mass is 16.5. The minimum atomic E-state index is -0.583. The van der Waals surface area contributed by atoms with Gasteiger partial charge >= 0.3 is 0 Å². The lowest BCUT2D eigenvalue weighted by atomic mass is 10.1. The molecular weight excluding hydrogens is 390 g/mol. The number of carbonyl (C=O) groups excluding carboxylic acids is 2. The Kier molecular flexibility index (Phi) is 5.53. The standard InChI is InChI=1S/C25H29N3O3/c29-24(26-20-12-11-18-7-6-8-19(18)15-20)17-28-16-23(25(30)27-13-4-1-5-14-27)31-22-10-3-2-9-21(22)28/h2-3,9-12,15,23H,1,4-8,13-14,16-17H2,(H,26,29)/t23-/m1/s1. The smallest absolute Gasteiger partial charge is 0.265 e. The molecule has 3 aliphatic rings. The van der Waals surface area contributed by atoms with E-state index in [4.69, 9.17) is 4.74 Å². The van der Waals surface area contributed by atoms with Crippen LogP contribution in [0.2, 0.25) is 0 Å². The number of piperidine rings is 1. The molecule has 0 unspecified atom stereocenters. The van der Waals surface area contributed by atoms with E-state index in [0.717, 1.165) is 50.1 Å². The van der Waals surface area contributed by atoms with Crippen LogP contribution < -0.4 is 15.0 Å². The normalized spacial score (nSPS) is 19.9. The van der Waals surface area contributed by atoms with Crippen molar-refractivity contribution in [2.75, 3.05) is 36.4 Å². The zero-order chi connectivity index (χ0) is 21.2. The fourth-order valence-corrected chi connectivity index (χ4v) is 4.93. The number of nitrogens with zero attached hydrogens (tertiary/aromatic N) is 2. The molecule has 6 nitrogen and oxygen atoms in total. The van der Waals surface area contributed by atoms with E-state index < -0.39 is 6.10 Å². The summed E-state index contributed by atoms with van der Waals surface area (Å²) in [5.41, 5.74) is 4.42. The van der Waals surface area contributed by atoms with Crippen molar-refractivity contribution in [3.8, 4) is 5.75 Å². The van der Waals surface area contributed by atoms with Crippen LogP contribution in [0.3, 0.4) is 0 Å². The first-order valence-electron chi connectivity index (χ1n) is 11.4. The zero-order valence-electron chi connectivity index (χ0n) is 17.8. The van der Waals surface area contributed by atoms with Gasteiger partial charge in [-0.2, -0.15) is 0 Å². The average Bonchev–Trinajstić information content (AvgIpc) is 3.27. The van der Waals surface area contributed by atoms with Crippen LogP contribution >= 0.6 is 0 Å². The molecule has 2 aliphatic heterocycles. The molecule has 2 aromatic rings. The summed E-state index contributed by atoms with van der Waals surface area (Å²) in [6.07, 6.45) is 6.07. The number of para-hydroxylation sites is 2. The lowest BCUT2D eigenvalue weighted by Crippen LogP contribution is -2.52. The number of aryl methyl sites for hydroxylation is 2. The van der Waals surface area contributed by atoms with E-state index in [1.165, 1.54) is 24.0 Å². The van der Waals surface area contributed by atoms with Gasteiger partial charge in [0.2, 0.25) is 5.91 Å². The number of anilines is 2. The Morgan fingerprint density at radius 3 is 2.65 bits per heavy atom. The van der Waals surface area contributed by atoms with Gasteiger partial charge in [0, 0.05) is 18.8 Å². The van der Waals surface area contributed by atoms with Crippen LogP contribution in [0.1, 0.15) is 36.8 Å². The first-order valence-corrected chi connectivity index (χ1v) is 11.4. The summed E-state index contributed by atoms with van der Waals surface area (Å²) in [6, 6.07) is 13.8. The van der Waals surface area contributed by atoms with E-state index >= 15 is 0 Å². The number of carbonyl (C=O) groups is 2. The Bertz CT molecular complexity index is 984. The quantitative estimate of drug-likeness (QED) is 0.825. The molecule has 6 heteroatoms. The van der Waals surface area contributed by atoms with E-state index in [2.05, 4.69) is 17.4 Å². The van der Waals surface area contributed by atoms with Crippen LogP contribution in [0.25, 0.3) is 0 Å². The van der Waals surface area contributed by atoms with Gasteiger partial charge in [0.1, 0.15) is 5.75 Å². The van der Waals surface area contributed by atoms with Crippen LogP contribution in [-0.2, 0) is 22.4 Å². The van der Waals surface area contributed by atoms with E-state index in [1.54, 1.807) is 0 Å². The van der Waals surface area contributed by atoms with Crippen molar-refractivity contribution < 1.29 is 14.3 Å². The van der Waals surface area contributed by atoms with E-state index in [0.29, 0.717) is 12.3 Å². The molecule has 162 valence electrons. The van der Waals surface area contributed by atoms with Gasteiger partial charge in [0.15, 0.2) is 6.10 Å². The molecular formula is C25H29N3O3. The molecule has 0 bridgehead atoms. The van der Waals surface area contributed by atoms with Crippen molar-refractivity contribution in [3.63, 3.8) is 0 Å². The summed E-state index contributed by atoms with van der Waals surface area (Å²) in [5, 5.41) is 3.04. The van der Waals surface area contributed by atoms with Crippen molar-refractivity contribution in [2.45, 2.75) is 44.6 Å². The van der Waals surface area contributed by atoms with Crippen molar-refractivity contribution >= 4 is 23.2 Å². The van der Waals surface area contributed by atoms with Gasteiger partial charge in [-0.15, -0.1) is 0 Å². The van der Waals surface area contributed by atoms with E-state index in [-0.39, 0.29) is 18.4 Å². The Labute approximate surface area is 183 Å². The maximum absolute atomic E-state index is 13.1. The SMILES string of the molecule is O=C(CN1C[C@H](C(=O)N2CCCCC2)Oc2ccccc21)Nc1ccc2c(c1)CCC2. The van der Waals surface area contributed by atoms with Crippen molar-refractivity contribution in [2.24, 2.45) is 0 Å². The van der Waals surface area contributed by atoms with Crippen LogP contribution in [0, 0.1) is 0 Å². The molecule has 1 saturated heterocycles. The molecule has 2 heterocycles. The Hall–Kier alpha value is -3.02. The van der Waals surface area contributed by atoms with Gasteiger partial charge in [0.05, 0.1) is 18.8 Å². The van der Waals surface area contributed by atoms with Gasteiger partial charge in [-0.05, 0) is 73.9 Å². The summed E-state index contributed by atoms with van der Waals surface area (Å²) in [5.74, 6) is 0.603. The van der Waals surface area contributed by atoms with Gasteiger partial charge in [-0.1, -0.05) is 18.2 Å². The molecule has 1 N–H and O–H groups in total. The molecule has 5 rings (SSSR count). The third kappa shape index (κ3) is 4.24. The summed E-state index contributed by atoms with van der Waals surface area (Å²) < 4.78 is 6.06. The molecule has 31 heavy (non-hydrogen) atoms. The molecule has 1 fully saturated rings. The van der Waals surface area contributed by atoms with Crippen molar-refractivity contribution in [1.29, 1.82) is 0 Å². The second-order valence-electron chi connectivity index (χ2n) is 8.73. The fraction of sp³-hybridized carbons (Fsp3) is 0.440. The predicted molar refractivity (Wildman–Crippen MR) is 121 cm³/mol. The van der Waals surface area contributed by atoms with Crippen molar-refractivity contribution in [1.82, 2.24) is 4.90 Å². The summed E-state index contributed by atoms with van der Waals surface area (Å²) in [6.45, 7) is 2.14. The highest BCUT2D eigenvalue weighted by Crippen LogP contribution is 2.33. The second-order valence-corrected chi connectivity index (χ2v) is 8.73. The molecule has 2 amide bonds. The number of hydrogen-bond acceptors (Lipinski definition) is 4. The number of hydrogen-bond donors (Lipinski definition) is 1. The lowest BCUT2D eigenvalue weighted by molar-refractivity contribution is -0.139. The summed E-state index contributed by atoms with van der Waals surface area (Å²) in [7, 11) is 0. The van der Waals surface area contributed by atoms with Gasteiger partial charge in [-0.25, -0.2) is 0 Å². The van der Waals surface area contributed by atoms with Gasteiger partial charge in [0.25, 0.3) is 5.91 Å². The largest absolute Gasteiger partial charge is 0.477 e. The average molecular weight is 420 g/mol. The lowest BCUT2D eigenvalue weighted by Gasteiger charge is -2.38. The topological polar surface area (TPSA) is 61.9 Å². The minimum absolute atomic E-state index is 0.0261. The van der Waals surface area contributed by atoms with Crippen molar-refractivity contribution in [3.05, 3.63) is 53.6 Å². The number of amides is 2. The second kappa shape index (κ2) is 8.61. The number of nitrogens with one attached hydrogen (secondary N) is 1. The molecule has 0 spiro atoms. The van der Waals surface area contributed by atoms with Gasteiger partial charge in [-0.3, -0.25) is 9.59 Å². The fourth-order valence-electron chi connectivity index (χ4n) is 4.93. The number of likely N-dealkylation sites (tertiary alicyclic amines) is 1. The van der Waals surface area contributed by atoms with Crippen LogP contribution in [-0.4, -0.2) is 49.0 Å². The summed E-state index contributed by atoms with van der Waals surface area (Å²) in [4.78, 5) is 29.8. The molecule has 2 aromatic carbocycles. The minimum Gasteiger partial charge on any atom is -0.477 e. The van der Waals surface area contributed by atoms with Gasteiger partial charge < -0.3 is 19.9 Å². The molecule has 0 saturated carbocycles. The predicted octanol–water partition coefficient (Wildman–Crippen LogP) is 3.39. The van der Waals surface area contributed by atoms with Crippen LogP contribution in [0.4, 0.5) is 11.4 Å². The first-order chi connectivity index (χ1) is 15.2. The number of fused-ring (bicyclic) bond motifs is 2. The number of benzene rings is 2. The Morgan fingerprint density at radius 1 is 0.968 bits per heavy atom. The van der Waals surface area contributed by atoms with Crippen LogP contribution in [0.15, 0.2) is 42.5 Å². The molecule has 0 aromatic heterocycles. The maximum atomic E-state index is 13.1. The van der Waals surface area contributed by atoms with E-state index in [9.17, 15) is 9.59 Å². The Balaban J connectivity index is 1.30.